The van der Waals surface area contributed by atoms with E-state index in [1.54, 1.807) is 0 Å². The van der Waals surface area contributed by atoms with Gasteiger partial charge in [-0.05, 0) is 24.0 Å². The van der Waals surface area contributed by atoms with Crippen LogP contribution in [0.25, 0.3) is 0 Å². The number of rotatable bonds is 7. The highest BCUT2D eigenvalue weighted by Gasteiger charge is 2.22. The Hall–Kier alpha value is 0.360. The second-order valence-electron chi connectivity index (χ2n) is 5.23. The van der Waals surface area contributed by atoms with Gasteiger partial charge in [0.2, 0.25) is 0 Å². The van der Waals surface area contributed by atoms with Gasteiger partial charge in [-0.1, -0.05) is 124 Å². The van der Waals surface area contributed by atoms with E-state index in [1.165, 1.54) is 11.1 Å². The molecule has 0 radical (unpaired) electrons. The van der Waals surface area contributed by atoms with Gasteiger partial charge >= 0.3 is 0 Å². The van der Waals surface area contributed by atoms with E-state index in [1.807, 2.05) is 0 Å². The highest BCUT2D eigenvalue weighted by molar-refractivity contribution is 9.12. The third-order valence-electron chi connectivity index (χ3n) is 3.59. The number of hydrogen-bond acceptors (Lipinski definition) is 0. The lowest BCUT2D eigenvalue weighted by Gasteiger charge is -2.21. The molecule has 0 aliphatic rings. The molecule has 0 spiro atoms. The molecule has 0 aliphatic carbocycles. The molecule has 0 N–H and O–H groups in total. The molecule has 0 saturated heterocycles. The first-order chi connectivity index (χ1) is 10.6. The van der Waals surface area contributed by atoms with Crippen molar-refractivity contribution in [3.63, 3.8) is 0 Å². The molecule has 2 aromatic carbocycles. The molecule has 118 valence electrons. The quantitative estimate of drug-likeness (QED) is 0.310. The molecule has 22 heavy (non-hydrogen) atoms. The van der Waals surface area contributed by atoms with E-state index in [2.05, 4.69) is 124 Å². The van der Waals surface area contributed by atoms with Gasteiger partial charge in [0.15, 0.2) is 0 Å². The van der Waals surface area contributed by atoms with Crippen LogP contribution in [0.1, 0.15) is 33.6 Å². The van der Waals surface area contributed by atoms with E-state index in [-0.39, 0.29) is 0 Å². The van der Waals surface area contributed by atoms with Crippen molar-refractivity contribution >= 4 is 63.7 Å². The Balaban J connectivity index is 1.86. The van der Waals surface area contributed by atoms with Gasteiger partial charge in [-0.2, -0.15) is 0 Å². The third-order valence-corrected chi connectivity index (χ3v) is 9.31. The Morgan fingerprint density at radius 1 is 0.545 bits per heavy atom. The van der Waals surface area contributed by atoms with Gasteiger partial charge < -0.3 is 0 Å². The zero-order chi connectivity index (χ0) is 15.9. The Morgan fingerprint density at radius 2 is 0.864 bits per heavy atom. The van der Waals surface area contributed by atoms with Gasteiger partial charge in [-0.3, -0.25) is 0 Å². The maximum atomic E-state index is 3.83. The lowest BCUT2D eigenvalue weighted by molar-refractivity contribution is 0.671. The van der Waals surface area contributed by atoms with Crippen LogP contribution in [0, 0.1) is 0 Å². The summed E-state index contributed by atoms with van der Waals surface area (Å²) >= 11 is 15.3. The summed E-state index contributed by atoms with van der Waals surface area (Å²) in [5, 5.41) is 0. The predicted molar refractivity (Wildman–Crippen MR) is 111 cm³/mol. The molecule has 0 amide bonds. The molecule has 2 rings (SSSR count). The zero-order valence-corrected chi connectivity index (χ0v) is 18.4. The van der Waals surface area contributed by atoms with Crippen molar-refractivity contribution in [3.8, 4) is 0 Å². The Bertz CT molecular complexity index is 492. The summed E-state index contributed by atoms with van der Waals surface area (Å²) in [6.07, 6.45) is 2.19. The minimum atomic E-state index is 0.332. The first-order valence-corrected chi connectivity index (χ1v) is 10.9. The summed E-state index contributed by atoms with van der Waals surface area (Å²) in [6.45, 7) is 0. The maximum Gasteiger partial charge on any atom is 0.0520 e. The predicted octanol–water partition coefficient (Wildman–Crippen LogP) is 7.57. The van der Waals surface area contributed by atoms with Crippen LogP contribution < -0.4 is 0 Å². The minimum absolute atomic E-state index is 0.332. The zero-order valence-electron chi connectivity index (χ0n) is 12.0. The lowest BCUT2D eigenvalue weighted by Crippen LogP contribution is -2.12. The molecular formula is C18H18Br4. The molecule has 4 atom stereocenters. The van der Waals surface area contributed by atoms with Crippen LogP contribution in [-0.4, -0.2) is 9.65 Å². The van der Waals surface area contributed by atoms with Crippen LogP contribution in [-0.2, 0) is 0 Å². The van der Waals surface area contributed by atoms with Crippen molar-refractivity contribution in [2.24, 2.45) is 0 Å². The summed E-state index contributed by atoms with van der Waals surface area (Å²) in [5.74, 6) is 0. The van der Waals surface area contributed by atoms with Gasteiger partial charge in [0.25, 0.3) is 0 Å². The monoisotopic (exact) mass is 550 g/mol. The summed E-state index contributed by atoms with van der Waals surface area (Å²) in [5.41, 5.74) is 2.63. The molecule has 0 saturated carbocycles. The number of benzene rings is 2. The van der Waals surface area contributed by atoms with Crippen LogP contribution in [0.15, 0.2) is 60.7 Å². The normalized spacial score (nSPS) is 16.7. The summed E-state index contributed by atoms with van der Waals surface area (Å²) in [4.78, 5) is 1.48. The summed E-state index contributed by atoms with van der Waals surface area (Å²) < 4.78 is 0. The Kier molecular flexibility index (Phi) is 8.16. The molecule has 0 fully saturated rings. The third kappa shape index (κ3) is 5.47. The average molecular weight is 554 g/mol. The van der Waals surface area contributed by atoms with E-state index in [0.29, 0.717) is 19.3 Å². The molecule has 2 aromatic rings. The van der Waals surface area contributed by atoms with Crippen LogP contribution in [0.4, 0.5) is 0 Å². The first kappa shape index (κ1) is 18.7. The second-order valence-corrected chi connectivity index (χ2v) is 9.56. The molecule has 0 nitrogen and oxygen atoms in total. The molecule has 0 unspecified atom stereocenters. The topological polar surface area (TPSA) is 0 Å². The van der Waals surface area contributed by atoms with E-state index in [9.17, 15) is 0 Å². The fourth-order valence-electron chi connectivity index (χ4n) is 2.30. The largest absolute Gasteiger partial charge is 0.0875 e. The van der Waals surface area contributed by atoms with Crippen molar-refractivity contribution in [1.82, 2.24) is 0 Å². The van der Waals surface area contributed by atoms with Gasteiger partial charge in [-0.25, -0.2) is 0 Å². The van der Waals surface area contributed by atoms with Crippen LogP contribution in [0.2, 0.25) is 0 Å². The van der Waals surface area contributed by atoms with Crippen molar-refractivity contribution in [3.05, 3.63) is 71.8 Å². The molecule has 0 aromatic heterocycles. The van der Waals surface area contributed by atoms with Crippen molar-refractivity contribution in [2.75, 3.05) is 0 Å². The summed E-state index contributed by atoms with van der Waals surface area (Å²) in [6, 6.07) is 21.1. The molecule has 0 bridgehead atoms. The van der Waals surface area contributed by atoms with Gasteiger partial charge in [0.1, 0.15) is 0 Å². The Morgan fingerprint density at radius 3 is 1.18 bits per heavy atom. The fraction of sp³-hybridized carbons (Fsp3) is 0.333. The van der Waals surface area contributed by atoms with E-state index >= 15 is 0 Å². The number of alkyl halides is 4. The van der Waals surface area contributed by atoms with Crippen LogP contribution >= 0.6 is 63.7 Å². The van der Waals surface area contributed by atoms with E-state index in [0.717, 1.165) is 12.8 Å². The van der Waals surface area contributed by atoms with E-state index < -0.39 is 0 Å². The van der Waals surface area contributed by atoms with Gasteiger partial charge in [0.05, 0.1) is 9.65 Å². The molecule has 4 heteroatoms. The van der Waals surface area contributed by atoms with Crippen molar-refractivity contribution < 1.29 is 0 Å². The van der Waals surface area contributed by atoms with Crippen molar-refractivity contribution in [2.45, 2.75) is 32.2 Å². The molecular weight excluding hydrogens is 536 g/mol. The second kappa shape index (κ2) is 9.61. The lowest BCUT2D eigenvalue weighted by atomic mass is 10.0. The Labute approximate surface area is 166 Å². The van der Waals surface area contributed by atoms with E-state index in [4.69, 9.17) is 0 Å². The first-order valence-electron chi connectivity index (χ1n) is 7.25. The van der Waals surface area contributed by atoms with Crippen LogP contribution in [0.3, 0.4) is 0 Å². The molecule has 0 heterocycles. The van der Waals surface area contributed by atoms with Crippen molar-refractivity contribution in [1.29, 1.82) is 0 Å². The number of halogens is 4. The van der Waals surface area contributed by atoms with Gasteiger partial charge in [-0.15, -0.1) is 0 Å². The SMILES string of the molecule is Br[C@H](CC[C@H](Br)[C@H](Br)c1ccccc1)[C@H](Br)c1ccccc1. The highest BCUT2D eigenvalue weighted by Crippen LogP contribution is 2.38. The van der Waals surface area contributed by atoms with Crippen LogP contribution in [0.5, 0.6) is 0 Å². The minimum Gasteiger partial charge on any atom is -0.0875 e. The fourth-order valence-corrected chi connectivity index (χ4v) is 4.58. The molecule has 0 aliphatic heterocycles. The highest BCUT2D eigenvalue weighted by atomic mass is 79.9. The van der Waals surface area contributed by atoms with Gasteiger partial charge in [0, 0.05) is 9.65 Å². The average Bonchev–Trinajstić information content (AvgIpc) is 2.59. The smallest absolute Gasteiger partial charge is 0.0520 e. The number of hydrogen-bond donors (Lipinski definition) is 0. The summed E-state index contributed by atoms with van der Waals surface area (Å²) in [7, 11) is 0. The maximum absolute atomic E-state index is 3.83. The standard InChI is InChI=1S/C18H18Br4/c19-15(17(21)13-7-3-1-4-8-13)11-12-16(20)18(22)14-9-5-2-6-10-14/h1-10,15-18H,11-12H2/t15-,16+,17-,18-/m1/s1.